The molecule has 0 aliphatic carbocycles. The van der Waals surface area contributed by atoms with E-state index in [1.54, 1.807) is 13.2 Å². The van der Waals surface area contributed by atoms with Crippen molar-refractivity contribution in [3.05, 3.63) is 31.5 Å². The van der Waals surface area contributed by atoms with Gasteiger partial charge in [0.1, 0.15) is 10.1 Å². The number of carbonyl (C=O) groups excluding carboxylic acids is 1. The van der Waals surface area contributed by atoms with Crippen molar-refractivity contribution in [1.29, 1.82) is 0 Å². The van der Waals surface area contributed by atoms with Crippen molar-refractivity contribution in [2.24, 2.45) is 0 Å². The normalized spacial score (nSPS) is 17.2. The Morgan fingerprint density at radius 3 is 2.72 bits per heavy atom. The summed E-state index contributed by atoms with van der Waals surface area (Å²) in [5.74, 6) is 0.500. The number of hydrogen-bond donors (Lipinski definition) is 1. The molecule has 0 bridgehead atoms. The maximum Gasteiger partial charge on any atom is 0.263 e. The summed E-state index contributed by atoms with van der Waals surface area (Å²) in [6.07, 6.45) is 1.76. The number of carbonyl (C=O) groups is 1. The van der Waals surface area contributed by atoms with Crippen LogP contribution in [-0.4, -0.2) is 17.3 Å². The van der Waals surface area contributed by atoms with Crippen molar-refractivity contribution in [1.82, 2.24) is 5.32 Å². The first kappa shape index (κ1) is 14.0. The molecule has 1 aromatic carbocycles. The van der Waals surface area contributed by atoms with Crippen molar-refractivity contribution < 1.29 is 9.53 Å². The van der Waals surface area contributed by atoms with Gasteiger partial charge in [-0.25, -0.2) is 0 Å². The highest BCUT2D eigenvalue weighted by molar-refractivity contribution is 9.11. The molecule has 0 atom stereocenters. The Bertz CT molecular complexity index is 572. The van der Waals surface area contributed by atoms with E-state index in [0.717, 1.165) is 14.5 Å². The van der Waals surface area contributed by atoms with E-state index in [9.17, 15) is 4.79 Å². The van der Waals surface area contributed by atoms with Crippen molar-refractivity contribution >= 4 is 72.1 Å². The first-order chi connectivity index (χ1) is 8.51. The van der Waals surface area contributed by atoms with Crippen molar-refractivity contribution in [2.45, 2.75) is 0 Å². The van der Waals surface area contributed by atoms with Crippen LogP contribution in [0.25, 0.3) is 6.08 Å². The first-order valence-corrected chi connectivity index (χ1v) is 7.60. The highest BCUT2D eigenvalue weighted by atomic mass is 79.9. The molecule has 0 aromatic heterocycles. The maximum absolute atomic E-state index is 11.6. The number of halogens is 2. The van der Waals surface area contributed by atoms with Crippen molar-refractivity contribution in [3.8, 4) is 5.75 Å². The summed E-state index contributed by atoms with van der Waals surface area (Å²) < 4.78 is 7.50. The average Bonchev–Trinajstić information content (AvgIpc) is 2.57. The van der Waals surface area contributed by atoms with Gasteiger partial charge in [-0.3, -0.25) is 4.79 Å². The third-order valence-corrected chi connectivity index (χ3v) is 4.38. The van der Waals surface area contributed by atoms with E-state index in [1.165, 1.54) is 11.8 Å². The Kier molecular flexibility index (Phi) is 4.47. The van der Waals surface area contributed by atoms with Gasteiger partial charge in [0.25, 0.3) is 5.91 Å². The molecule has 1 heterocycles. The van der Waals surface area contributed by atoms with Gasteiger partial charge in [-0.1, -0.05) is 39.9 Å². The molecule has 0 radical (unpaired) electrons. The Balaban J connectivity index is 2.48. The smallest absolute Gasteiger partial charge is 0.263 e. The molecule has 1 saturated heterocycles. The predicted molar refractivity (Wildman–Crippen MR) is 84.7 cm³/mol. The number of nitrogens with one attached hydrogen (secondary N) is 1. The van der Waals surface area contributed by atoms with Crippen molar-refractivity contribution in [3.63, 3.8) is 0 Å². The zero-order valence-corrected chi connectivity index (χ0v) is 13.9. The van der Waals surface area contributed by atoms with Crippen LogP contribution in [0.1, 0.15) is 5.56 Å². The zero-order valence-electron chi connectivity index (χ0n) is 9.12. The SMILES string of the molecule is COc1c(Br)cc(Br)cc1/C=C1\SC(=S)NC1=O. The number of thiocarbonyl (C=S) groups is 1. The molecule has 1 aliphatic heterocycles. The summed E-state index contributed by atoms with van der Waals surface area (Å²) in [4.78, 5) is 12.2. The highest BCUT2D eigenvalue weighted by Gasteiger charge is 2.22. The van der Waals surface area contributed by atoms with E-state index < -0.39 is 0 Å². The lowest BCUT2D eigenvalue weighted by molar-refractivity contribution is -0.115. The number of ether oxygens (including phenoxy) is 1. The number of hydrogen-bond acceptors (Lipinski definition) is 4. The molecule has 1 N–H and O–H groups in total. The molecule has 0 saturated carbocycles. The van der Waals surface area contributed by atoms with Crippen LogP contribution in [0.4, 0.5) is 0 Å². The summed E-state index contributed by atoms with van der Waals surface area (Å²) in [6.45, 7) is 0. The summed E-state index contributed by atoms with van der Waals surface area (Å²) in [5.41, 5.74) is 0.807. The fourth-order valence-corrected chi connectivity index (χ4v) is 3.92. The molecule has 2 rings (SSSR count). The maximum atomic E-state index is 11.6. The minimum absolute atomic E-state index is 0.178. The van der Waals surface area contributed by atoms with E-state index in [4.69, 9.17) is 17.0 Å². The van der Waals surface area contributed by atoms with E-state index in [1.807, 2.05) is 12.1 Å². The van der Waals surface area contributed by atoms with E-state index in [0.29, 0.717) is 15.0 Å². The minimum atomic E-state index is -0.178. The van der Waals surface area contributed by atoms with Gasteiger partial charge in [0.05, 0.1) is 16.5 Å². The summed E-state index contributed by atoms with van der Waals surface area (Å²) in [6, 6.07) is 3.76. The lowest BCUT2D eigenvalue weighted by atomic mass is 10.2. The average molecular weight is 409 g/mol. The summed E-state index contributed by atoms with van der Waals surface area (Å²) in [7, 11) is 1.59. The second-order valence-corrected chi connectivity index (χ2v) is 6.85. The largest absolute Gasteiger partial charge is 0.495 e. The van der Waals surface area contributed by atoms with Crippen LogP contribution in [0, 0.1) is 0 Å². The van der Waals surface area contributed by atoms with Crippen LogP contribution in [0.3, 0.4) is 0 Å². The molecule has 94 valence electrons. The third-order valence-electron chi connectivity index (χ3n) is 2.17. The molecule has 7 heteroatoms. The molecule has 0 unspecified atom stereocenters. The summed E-state index contributed by atoms with van der Waals surface area (Å²) in [5, 5.41) is 2.58. The van der Waals surface area contributed by atoms with Crippen LogP contribution in [0.5, 0.6) is 5.75 Å². The molecular formula is C11H7Br2NO2S2. The third kappa shape index (κ3) is 2.96. The van der Waals surface area contributed by atoms with Gasteiger partial charge in [-0.05, 0) is 34.1 Å². The van der Waals surface area contributed by atoms with Gasteiger partial charge in [0.2, 0.25) is 0 Å². The number of methoxy groups -OCH3 is 1. The molecule has 1 amide bonds. The lowest BCUT2D eigenvalue weighted by Crippen LogP contribution is -2.17. The van der Waals surface area contributed by atoms with Crippen LogP contribution >= 0.6 is 55.8 Å². The number of amides is 1. The molecular weight excluding hydrogens is 402 g/mol. The summed E-state index contributed by atoms with van der Waals surface area (Å²) >= 11 is 13.0. The Morgan fingerprint density at radius 1 is 1.44 bits per heavy atom. The molecule has 1 aromatic rings. The molecule has 3 nitrogen and oxygen atoms in total. The molecule has 0 spiro atoms. The van der Waals surface area contributed by atoms with Gasteiger partial charge in [0, 0.05) is 10.0 Å². The van der Waals surface area contributed by atoms with Crippen molar-refractivity contribution in [2.75, 3.05) is 7.11 Å². The van der Waals surface area contributed by atoms with E-state index in [-0.39, 0.29) is 5.91 Å². The molecule has 1 aliphatic rings. The van der Waals surface area contributed by atoms with Gasteiger partial charge in [-0.15, -0.1) is 0 Å². The number of thioether (sulfide) groups is 1. The standard InChI is InChI=1S/C11H7Br2NO2S2/c1-16-9-5(2-6(12)4-7(9)13)3-8-10(15)14-11(17)18-8/h2-4H,1H3,(H,14,15,17)/b8-3-. The van der Waals surface area contributed by atoms with Gasteiger partial charge in [0.15, 0.2) is 0 Å². The fraction of sp³-hybridized carbons (Fsp3) is 0.0909. The molecule has 18 heavy (non-hydrogen) atoms. The van der Waals surface area contributed by atoms with Gasteiger partial charge < -0.3 is 10.1 Å². The lowest BCUT2D eigenvalue weighted by Gasteiger charge is -2.08. The van der Waals surface area contributed by atoms with E-state index in [2.05, 4.69) is 37.2 Å². The Hall–Kier alpha value is -0.370. The second-order valence-electron chi connectivity index (χ2n) is 3.36. The second kappa shape index (κ2) is 5.73. The Morgan fingerprint density at radius 2 is 2.17 bits per heavy atom. The predicted octanol–water partition coefficient (Wildman–Crippen LogP) is 3.71. The fourth-order valence-electron chi connectivity index (χ4n) is 1.47. The van der Waals surface area contributed by atoms with E-state index >= 15 is 0 Å². The number of rotatable bonds is 2. The topological polar surface area (TPSA) is 38.3 Å². The van der Waals surface area contributed by atoms with Crippen LogP contribution in [0.2, 0.25) is 0 Å². The van der Waals surface area contributed by atoms with Gasteiger partial charge >= 0.3 is 0 Å². The zero-order chi connectivity index (χ0) is 13.3. The van der Waals surface area contributed by atoms with Gasteiger partial charge in [-0.2, -0.15) is 0 Å². The van der Waals surface area contributed by atoms with Crippen LogP contribution < -0.4 is 10.1 Å². The minimum Gasteiger partial charge on any atom is -0.495 e. The first-order valence-electron chi connectivity index (χ1n) is 4.79. The highest BCUT2D eigenvalue weighted by Crippen LogP contribution is 2.36. The molecule has 1 fully saturated rings. The monoisotopic (exact) mass is 407 g/mol. The quantitative estimate of drug-likeness (QED) is 0.598. The number of benzene rings is 1. The Labute approximate surface area is 131 Å². The van der Waals surface area contributed by atoms with Crippen LogP contribution in [0.15, 0.2) is 26.0 Å². The van der Waals surface area contributed by atoms with Crippen LogP contribution in [-0.2, 0) is 4.79 Å².